The number of hydrogen-bond acceptors (Lipinski definition) is 22. The number of rotatable bonds is 7. The number of phenolic OH excluding ortho intramolecular Hbond substituents is 5. The number of aliphatic hydroxyl groups excluding tert-OH is 3. The van der Waals surface area contributed by atoms with Crippen LogP contribution in [0.25, 0.3) is 11.1 Å². The van der Waals surface area contributed by atoms with Gasteiger partial charge in [0.15, 0.2) is 29.0 Å². The molecule has 510 valence electrons. The smallest absolute Gasteiger partial charge is 0.408 e. The zero-order valence-electron chi connectivity index (χ0n) is 51.7. The first kappa shape index (κ1) is 68.2. The van der Waals surface area contributed by atoms with E-state index in [-0.39, 0.29) is 83.7 Å². The molecule has 7 aromatic carbocycles. The molecule has 0 radical (unpaired) electrons. The lowest BCUT2D eigenvalue weighted by atomic mass is 9.89. The van der Waals surface area contributed by atoms with Crippen LogP contribution in [0.1, 0.15) is 96.0 Å². The summed E-state index contributed by atoms with van der Waals surface area (Å²) in [5.74, 6) is -14.2. The molecule has 31 heteroatoms. The van der Waals surface area contributed by atoms with Gasteiger partial charge in [0.1, 0.15) is 101 Å². The van der Waals surface area contributed by atoms with Gasteiger partial charge in [-0.25, -0.2) is 9.59 Å². The predicted octanol–water partition coefficient (Wildman–Crippen LogP) is 5.67. The number of fused-ring (bicyclic) bond motifs is 14. The van der Waals surface area contributed by atoms with Gasteiger partial charge in [-0.05, 0) is 133 Å². The first-order valence-corrected chi connectivity index (χ1v) is 30.8. The molecule has 15 N–H and O–H groups in total. The summed E-state index contributed by atoms with van der Waals surface area (Å²) in [6.07, 6.45) is -3.68. The van der Waals surface area contributed by atoms with Crippen LogP contribution in [0.15, 0.2) is 115 Å². The third-order valence-electron chi connectivity index (χ3n) is 15.7. The summed E-state index contributed by atoms with van der Waals surface area (Å²) in [5.41, 5.74) is -3.23. The van der Waals surface area contributed by atoms with E-state index in [0.29, 0.717) is 0 Å². The summed E-state index contributed by atoms with van der Waals surface area (Å²) >= 11 is 14.0. The number of phenols is 5. The molecule has 0 saturated carbocycles. The minimum atomic E-state index is -2.21. The molecule has 7 amide bonds. The number of hydrogen-bond donors (Lipinski definition) is 15. The number of alkyl carbamates (subject to hydrolysis) is 1. The Labute approximate surface area is 565 Å². The molecule has 13 rings (SSSR count). The van der Waals surface area contributed by atoms with Crippen LogP contribution in [-0.4, -0.2) is 132 Å². The van der Waals surface area contributed by atoms with Crippen LogP contribution in [-0.2, 0) is 49.5 Å². The van der Waals surface area contributed by atoms with E-state index in [1.165, 1.54) is 60.7 Å². The molecule has 98 heavy (non-hydrogen) atoms. The van der Waals surface area contributed by atoms with Gasteiger partial charge in [0.2, 0.25) is 41.2 Å². The molecule has 0 spiro atoms. The number of aliphatic hydroxyl groups is 3. The first-order chi connectivity index (χ1) is 46.6. The molecular weight excluding hydrogens is 1330 g/mol. The van der Waals surface area contributed by atoms with Gasteiger partial charge in [-0.15, -0.1) is 0 Å². The van der Waals surface area contributed by atoms with E-state index in [2.05, 4.69) is 37.2 Å². The normalized spacial score (nSPS) is 20.7. The Hall–Kier alpha value is -11.2. The lowest BCUT2D eigenvalue weighted by Crippen LogP contribution is -2.55. The Balaban J connectivity index is 1.14. The molecule has 8 atom stereocenters. The Bertz CT molecular complexity index is 4410. The van der Waals surface area contributed by atoms with Crippen molar-refractivity contribution in [2.75, 3.05) is 26.4 Å². The second kappa shape index (κ2) is 27.8. The molecular formula is C67H61Cl2N7O22. The van der Waals surface area contributed by atoms with Crippen LogP contribution in [0.3, 0.4) is 0 Å². The van der Waals surface area contributed by atoms with Crippen molar-refractivity contribution in [2.24, 2.45) is 0 Å². The molecule has 7 aromatic rings. The number of aromatic hydroxyl groups is 5. The lowest BCUT2D eigenvalue weighted by Gasteiger charge is -2.31. The number of ether oxygens (including phenoxy) is 6. The van der Waals surface area contributed by atoms with E-state index in [4.69, 9.17) is 51.6 Å². The summed E-state index contributed by atoms with van der Waals surface area (Å²) in [5, 5.41) is 107. The van der Waals surface area contributed by atoms with Crippen molar-refractivity contribution in [1.82, 2.24) is 37.2 Å². The van der Waals surface area contributed by atoms with Gasteiger partial charge >= 0.3 is 12.1 Å². The molecule has 6 aliphatic rings. The molecule has 0 unspecified atom stereocenters. The second-order valence-corrected chi connectivity index (χ2v) is 24.6. The van der Waals surface area contributed by atoms with Crippen LogP contribution in [0.4, 0.5) is 4.79 Å². The largest absolute Gasteiger partial charge is 0.508 e. The predicted molar refractivity (Wildman–Crippen MR) is 341 cm³/mol. The van der Waals surface area contributed by atoms with E-state index in [1.807, 2.05) is 0 Å². The second-order valence-electron chi connectivity index (χ2n) is 23.8. The van der Waals surface area contributed by atoms with Gasteiger partial charge in [0.25, 0.3) is 0 Å². The standard InChI is InChI=1S/C67H61Cl2N7O22/c1-67(2,3)98-66(92)76-52-30-6-9-43(82)47(22-30)95-36-19-32(18-34(79)25-36)53-62(88)73-54-33-23-48(96-45-10-4-28(16-39(45)68)17-41(59(85)71-53)70-60(52)86)58(93-14-12-77)49(24-33)97-46-11-7-31(21-40(46)69)57(84)56-64(90)74-55(65(91)94-15-13-78)38-26-35(80)27-44(83)50(38)37-20-29(5-8-42(37)81)51(61(87)75-56)72-63(54)89/h4-11,16,18-27,41,51-57,77-84H,12-15,17H2,1-3H3,(H,70,86)(H,71,85)(H,72,89)(H,73,88)(H,74,90)(H,75,87)(H,76,92)/t41-,51-,52+,53+,54-,55-,56+,57-/m1/s1. The Morgan fingerprint density at radius 2 is 1.14 bits per heavy atom. The third kappa shape index (κ3) is 14.6. The van der Waals surface area contributed by atoms with Crippen LogP contribution in [0, 0.1) is 0 Å². The zero-order valence-corrected chi connectivity index (χ0v) is 53.2. The lowest BCUT2D eigenvalue weighted by molar-refractivity contribution is -0.149. The quantitative estimate of drug-likeness (QED) is 0.0855. The van der Waals surface area contributed by atoms with Gasteiger partial charge < -0.3 is 106 Å². The Morgan fingerprint density at radius 1 is 0.551 bits per heavy atom. The summed E-state index contributed by atoms with van der Waals surface area (Å²) in [6.45, 7) is 2.30. The van der Waals surface area contributed by atoms with Crippen LogP contribution < -0.4 is 56.2 Å². The van der Waals surface area contributed by atoms with Crippen molar-refractivity contribution in [3.63, 3.8) is 0 Å². The maximum absolute atomic E-state index is 16.1. The highest BCUT2D eigenvalue weighted by atomic mass is 35.5. The van der Waals surface area contributed by atoms with Gasteiger partial charge in [-0.3, -0.25) is 28.8 Å². The minimum absolute atomic E-state index is 0.0114. The number of carbonyl (C=O) groups is 8. The molecule has 0 aromatic heterocycles. The number of amides is 7. The van der Waals surface area contributed by atoms with Gasteiger partial charge in [-0.1, -0.05) is 47.5 Å². The van der Waals surface area contributed by atoms with Crippen molar-refractivity contribution >= 4 is 70.7 Å². The van der Waals surface area contributed by atoms with E-state index in [9.17, 15) is 55.2 Å². The zero-order chi connectivity index (χ0) is 70.2. The van der Waals surface area contributed by atoms with Crippen molar-refractivity contribution in [1.29, 1.82) is 0 Å². The van der Waals surface area contributed by atoms with Crippen molar-refractivity contribution < 1.29 is 108 Å². The van der Waals surface area contributed by atoms with E-state index >= 15 is 24.0 Å². The maximum Gasteiger partial charge on any atom is 0.408 e. The number of benzene rings is 7. The summed E-state index contributed by atoms with van der Waals surface area (Å²) in [6, 6.07) is 7.90. The molecule has 29 nitrogen and oxygen atoms in total. The van der Waals surface area contributed by atoms with Gasteiger partial charge in [0.05, 0.1) is 23.3 Å². The maximum atomic E-state index is 16.1. The molecule has 0 saturated heterocycles. The van der Waals surface area contributed by atoms with Crippen molar-refractivity contribution in [3.8, 4) is 80.1 Å². The topological polar surface area (TPSA) is 438 Å². The van der Waals surface area contributed by atoms with Crippen molar-refractivity contribution in [3.05, 3.63) is 164 Å². The van der Waals surface area contributed by atoms with Crippen LogP contribution in [0.5, 0.6) is 69.0 Å². The minimum Gasteiger partial charge on any atom is -0.508 e. The molecule has 0 aliphatic carbocycles. The average Bonchev–Trinajstić information content (AvgIpc) is 0.770. The molecule has 6 aliphatic heterocycles. The number of halogens is 2. The number of carbonyl (C=O) groups excluding carboxylic acids is 8. The molecule has 17 bridgehead atoms. The SMILES string of the molecule is CC(C)(C)OC(=O)N[C@@H]1C(=O)N[C@@H]2Cc3ccc(c(Cl)c3)Oc3cc4cc(c3OCCO)Oc3ccc(cc3Cl)[C@@H](O)[C@@H]3NC(=O)[C@H](NC(=O)[C@@H]4NC(=O)[C@@H](NC2=O)c2cc(O)cc(c2)Oc2cc1ccc2O)c1ccc(O)c(c1)-c1c(O)cc(O)cc1[C@H](C(=O)OCCO)NC3=O. The Morgan fingerprint density at radius 3 is 1.81 bits per heavy atom. The highest BCUT2D eigenvalue weighted by Gasteiger charge is 2.42. The summed E-state index contributed by atoms with van der Waals surface area (Å²) < 4.78 is 35.9. The fourth-order valence-corrected chi connectivity index (χ4v) is 11.8. The monoisotopic (exact) mass is 1390 g/mol. The average molecular weight is 1390 g/mol. The van der Waals surface area contributed by atoms with E-state index in [1.54, 1.807) is 20.8 Å². The third-order valence-corrected chi connectivity index (χ3v) is 16.3. The van der Waals surface area contributed by atoms with Crippen molar-refractivity contribution in [2.45, 2.75) is 81.2 Å². The van der Waals surface area contributed by atoms with E-state index in [0.717, 1.165) is 54.6 Å². The fraction of sp³-hybridized carbons (Fsp3) is 0.254. The fourth-order valence-electron chi connectivity index (χ4n) is 11.3. The number of esters is 1. The first-order valence-electron chi connectivity index (χ1n) is 30.0. The van der Waals surface area contributed by atoms with Crippen LogP contribution >= 0.6 is 23.2 Å². The molecule has 6 heterocycles. The highest BCUT2D eigenvalue weighted by Crippen LogP contribution is 2.49. The number of nitrogens with one attached hydrogen (secondary N) is 7. The van der Waals surface area contributed by atoms with Gasteiger partial charge in [0, 0.05) is 35.2 Å². The van der Waals surface area contributed by atoms with E-state index < -0.39 is 180 Å². The summed E-state index contributed by atoms with van der Waals surface area (Å²) in [4.78, 5) is 120. The summed E-state index contributed by atoms with van der Waals surface area (Å²) in [7, 11) is 0. The Kier molecular flexibility index (Phi) is 19.4. The van der Waals surface area contributed by atoms with Gasteiger partial charge in [-0.2, -0.15) is 0 Å². The molecule has 0 fully saturated rings. The highest BCUT2D eigenvalue weighted by molar-refractivity contribution is 6.32. The van der Waals surface area contributed by atoms with Crippen LogP contribution in [0.2, 0.25) is 10.0 Å².